The molecule has 0 aromatic heterocycles. The minimum absolute atomic E-state index is 0.353. The van der Waals surface area contributed by atoms with Gasteiger partial charge >= 0.3 is 0 Å². The van der Waals surface area contributed by atoms with Crippen molar-refractivity contribution in [3.63, 3.8) is 0 Å². The normalized spacial score (nSPS) is 15.6. The van der Waals surface area contributed by atoms with E-state index in [-0.39, 0.29) is 0 Å². The second-order valence-electron chi connectivity index (χ2n) is 4.47. The van der Waals surface area contributed by atoms with Crippen LogP contribution in [0.4, 0.5) is 0 Å². The summed E-state index contributed by atoms with van der Waals surface area (Å²) in [5.41, 5.74) is 6.08. The molecule has 0 aromatic rings. The smallest absolute Gasteiger partial charge is 0.0167 e. The number of nitrogens with zero attached hydrogens (tertiary/aromatic N) is 1. The lowest BCUT2D eigenvalue weighted by molar-refractivity contribution is 0.233. The molecule has 0 heterocycles. The Hall–Kier alpha value is 0.270. The van der Waals surface area contributed by atoms with Gasteiger partial charge in [0.15, 0.2) is 0 Å². The molecule has 0 fully saturated rings. The molecular formula is C12H28N2S. The fraction of sp³-hybridized carbons (Fsp3) is 1.00. The van der Waals surface area contributed by atoms with Crippen molar-refractivity contribution in [2.75, 3.05) is 25.6 Å². The third-order valence-electron chi connectivity index (χ3n) is 2.94. The third-order valence-corrected chi connectivity index (χ3v) is 3.59. The molecule has 0 radical (unpaired) electrons. The Balaban J connectivity index is 3.64. The molecule has 0 aliphatic carbocycles. The van der Waals surface area contributed by atoms with E-state index in [2.05, 4.69) is 32.1 Å². The van der Waals surface area contributed by atoms with Gasteiger partial charge in [-0.05, 0) is 38.8 Å². The van der Waals surface area contributed by atoms with Crippen LogP contribution in [-0.4, -0.2) is 42.6 Å². The lowest BCUT2D eigenvalue weighted by Crippen LogP contribution is -2.40. The molecule has 2 N–H and O–H groups in total. The zero-order valence-corrected chi connectivity index (χ0v) is 11.6. The quantitative estimate of drug-likeness (QED) is 0.662. The van der Waals surface area contributed by atoms with E-state index in [1.165, 1.54) is 25.0 Å². The summed E-state index contributed by atoms with van der Waals surface area (Å²) in [6, 6.07) is 1.01. The predicted octanol–water partition coefficient (Wildman–Crippen LogP) is 2.58. The molecule has 0 saturated carbocycles. The third kappa shape index (κ3) is 8.12. The Labute approximate surface area is 100.0 Å². The van der Waals surface area contributed by atoms with Gasteiger partial charge in [-0.3, -0.25) is 0 Å². The van der Waals surface area contributed by atoms with Gasteiger partial charge < -0.3 is 10.6 Å². The highest BCUT2D eigenvalue weighted by molar-refractivity contribution is 7.98. The Morgan fingerprint density at radius 3 is 2.53 bits per heavy atom. The molecule has 0 aliphatic heterocycles. The summed E-state index contributed by atoms with van der Waals surface area (Å²) in [5, 5.41) is 0. The van der Waals surface area contributed by atoms with Crippen molar-refractivity contribution in [2.45, 2.75) is 51.6 Å². The van der Waals surface area contributed by atoms with Gasteiger partial charge in [0.05, 0.1) is 0 Å². The molecule has 92 valence electrons. The van der Waals surface area contributed by atoms with Crippen LogP contribution in [0.5, 0.6) is 0 Å². The van der Waals surface area contributed by atoms with Crippen LogP contribution in [0.1, 0.15) is 39.5 Å². The summed E-state index contributed by atoms with van der Waals surface area (Å²) in [6.07, 6.45) is 7.10. The first-order valence-corrected chi connectivity index (χ1v) is 7.45. The summed E-state index contributed by atoms with van der Waals surface area (Å²) >= 11 is 1.92. The van der Waals surface area contributed by atoms with Crippen LogP contribution in [0.25, 0.3) is 0 Å². The highest BCUT2D eigenvalue weighted by atomic mass is 32.2. The average molecular weight is 232 g/mol. The Kier molecular flexibility index (Phi) is 9.66. The van der Waals surface area contributed by atoms with Crippen LogP contribution < -0.4 is 5.73 Å². The fourth-order valence-corrected chi connectivity index (χ4v) is 2.19. The second kappa shape index (κ2) is 9.49. The van der Waals surface area contributed by atoms with Crippen molar-refractivity contribution in [1.29, 1.82) is 0 Å². The van der Waals surface area contributed by atoms with Crippen LogP contribution in [0.15, 0.2) is 0 Å². The maximum Gasteiger partial charge on any atom is 0.0167 e. The zero-order chi connectivity index (χ0) is 11.7. The lowest BCUT2D eigenvalue weighted by Gasteiger charge is -2.27. The highest BCUT2D eigenvalue weighted by Crippen LogP contribution is 2.07. The van der Waals surface area contributed by atoms with Crippen LogP contribution in [0.3, 0.4) is 0 Å². The Bertz CT molecular complexity index is 142. The number of rotatable bonds is 9. The van der Waals surface area contributed by atoms with Gasteiger partial charge in [-0.25, -0.2) is 0 Å². The topological polar surface area (TPSA) is 29.3 Å². The van der Waals surface area contributed by atoms with E-state index in [9.17, 15) is 0 Å². The summed E-state index contributed by atoms with van der Waals surface area (Å²) in [4.78, 5) is 2.40. The maximum atomic E-state index is 6.08. The van der Waals surface area contributed by atoms with E-state index in [1.54, 1.807) is 0 Å². The number of nitrogens with two attached hydrogens (primary N) is 1. The molecule has 15 heavy (non-hydrogen) atoms. The number of hydrogen-bond donors (Lipinski definition) is 1. The standard InChI is InChI=1S/C12H28N2S/c1-5-6-7-12(13)10-14(3)11(2)8-9-15-4/h11-12H,5-10,13H2,1-4H3. The van der Waals surface area contributed by atoms with Gasteiger partial charge in [0.2, 0.25) is 0 Å². The zero-order valence-electron chi connectivity index (χ0n) is 10.8. The minimum Gasteiger partial charge on any atom is -0.327 e. The van der Waals surface area contributed by atoms with Gasteiger partial charge in [0, 0.05) is 18.6 Å². The van der Waals surface area contributed by atoms with Crippen LogP contribution >= 0.6 is 11.8 Å². The molecule has 2 unspecified atom stereocenters. The fourth-order valence-electron chi connectivity index (χ4n) is 1.62. The highest BCUT2D eigenvalue weighted by Gasteiger charge is 2.11. The van der Waals surface area contributed by atoms with Gasteiger partial charge in [-0.1, -0.05) is 19.8 Å². The van der Waals surface area contributed by atoms with Gasteiger partial charge in [0.25, 0.3) is 0 Å². The average Bonchev–Trinajstić information content (AvgIpc) is 2.22. The van der Waals surface area contributed by atoms with Gasteiger partial charge in [-0.15, -0.1) is 0 Å². The van der Waals surface area contributed by atoms with E-state index < -0.39 is 0 Å². The second-order valence-corrected chi connectivity index (χ2v) is 5.46. The largest absolute Gasteiger partial charge is 0.327 e. The van der Waals surface area contributed by atoms with E-state index in [1.807, 2.05) is 11.8 Å². The molecule has 0 aromatic carbocycles. The van der Waals surface area contributed by atoms with Crippen molar-refractivity contribution in [1.82, 2.24) is 4.90 Å². The van der Waals surface area contributed by atoms with Crippen molar-refractivity contribution < 1.29 is 0 Å². The van der Waals surface area contributed by atoms with Crippen molar-refractivity contribution >= 4 is 11.8 Å². The molecular weight excluding hydrogens is 204 g/mol. The van der Waals surface area contributed by atoms with E-state index in [4.69, 9.17) is 5.73 Å². The Morgan fingerprint density at radius 2 is 2.00 bits per heavy atom. The summed E-state index contributed by atoms with van der Waals surface area (Å²) in [6.45, 7) is 5.55. The SMILES string of the molecule is CCCCC(N)CN(C)C(C)CCSC. The molecule has 2 atom stereocenters. The number of hydrogen-bond acceptors (Lipinski definition) is 3. The lowest BCUT2D eigenvalue weighted by atomic mass is 10.1. The van der Waals surface area contributed by atoms with Crippen molar-refractivity contribution in [3.8, 4) is 0 Å². The van der Waals surface area contributed by atoms with Gasteiger partial charge in [0.1, 0.15) is 0 Å². The number of unbranched alkanes of at least 4 members (excludes halogenated alkanes) is 1. The first-order valence-electron chi connectivity index (χ1n) is 6.06. The summed E-state index contributed by atoms with van der Waals surface area (Å²) < 4.78 is 0. The van der Waals surface area contributed by atoms with E-state index in [0.29, 0.717) is 12.1 Å². The van der Waals surface area contributed by atoms with Crippen LogP contribution in [0, 0.1) is 0 Å². The van der Waals surface area contributed by atoms with Crippen LogP contribution in [-0.2, 0) is 0 Å². The molecule has 0 rings (SSSR count). The molecule has 0 spiro atoms. The molecule has 0 bridgehead atoms. The molecule has 0 aliphatic rings. The number of thioether (sulfide) groups is 1. The molecule has 2 nitrogen and oxygen atoms in total. The Morgan fingerprint density at radius 1 is 1.33 bits per heavy atom. The monoisotopic (exact) mass is 232 g/mol. The summed E-state index contributed by atoms with van der Waals surface area (Å²) in [7, 11) is 2.19. The van der Waals surface area contributed by atoms with E-state index in [0.717, 1.165) is 13.0 Å². The van der Waals surface area contributed by atoms with E-state index >= 15 is 0 Å². The first kappa shape index (κ1) is 15.3. The molecule has 3 heteroatoms. The summed E-state index contributed by atoms with van der Waals surface area (Å²) in [5.74, 6) is 1.25. The van der Waals surface area contributed by atoms with Crippen molar-refractivity contribution in [2.24, 2.45) is 5.73 Å². The predicted molar refractivity (Wildman–Crippen MR) is 72.6 cm³/mol. The number of likely N-dealkylation sites (N-methyl/N-ethyl adjacent to an activating group) is 1. The maximum absolute atomic E-state index is 6.08. The van der Waals surface area contributed by atoms with Gasteiger partial charge in [-0.2, -0.15) is 11.8 Å². The molecule has 0 amide bonds. The molecule has 0 saturated heterocycles. The van der Waals surface area contributed by atoms with Crippen molar-refractivity contribution in [3.05, 3.63) is 0 Å². The van der Waals surface area contributed by atoms with Crippen LogP contribution in [0.2, 0.25) is 0 Å². The first-order chi connectivity index (χ1) is 7.11. The minimum atomic E-state index is 0.353.